The lowest BCUT2D eigenvalue weighted by Crippen LogP contribution is -2.45. The SMILES string of the molecule is COCCCN(C(=O)C1CC(=O)N(c2cccc(C)c2C)C1)c1c(N)n(CC(C)C)c(=O)[nH]c1=O. The van der Waals surface area contributed by atoms with Gasteiger partial charge in [0.15, 0.2) is 5.69 Å². The molecule has 10 heteroatoms. The molecule has 2 amide bonds. The molecule has 0 saturated carbocycles. The minimum Gasteiger partial charge on any atom is -0.385 e. The van der Waals surface area contributed by atoms with Gasteiger partial charge in [-0.3, -0.25) is 23.9 Å². The van der Waals surface area contributed by atoms with E-state index < -0.39 is 17.2 Å². The number of ether oxygens (including phenoxy) is 1. The molecular weight excluding hydrogens is 450 g/mol. The molecule has 0 aliphatic carbocycles. The van der Waals surface area contributed by atoms with Gasteiger partial charge in [0.05, 0.1) is 5.92 Å². The predicted molar refractivity (Wildman–Crippen MR) is 136 cm³/mol. The summed E-state index contributed by atoms with van der Waals surface area (Å²) in [5, 5.41) is 0. The van der Waals surface area contributed by atoms with Crippen molar-refractivity contribution in [3.63, 3.8) is 0 Å². The third kappa shape index (κ3) is 5.48. The number of nitrogens with one attached hydrogen (secondary N) is 1. The second kappa shape index (κ2) is 10.9. The molecule has 1 unspecified atom stereocenters. The molecule has 1 aliphatic heterocycles. The Morgan fingerprint density at radius 2 is 1.97 bits per heavy atom. The standard InChI is InChI=1S/C25H35N5O5/c1-15(2)13-30-22(26)21(23(32)27-25(30)34)28(10-7-11-35-5)24(33)18-12-20(31)29(14-18)19-9-6-8-16(3)17(19)4/h6,8-9,15,18H,7,10-14,26H2,1-5H3,(H,27,32,34). The summed E-state index contributed by atoms with van der Waals surface area (Å²) in [6.07, 6.45) is 0.474. The van der Waals surface area contributed by atoms with E-state index >= 15 is 0 Å². The Balaban J connectivity index is 1.99. The molecule has 35 heavy (non-hydrogen) atoms. The summed E-state index contributed by atoms with van der Waals surface area (Å²) < 4.78 is 6.41. The van der Waals surface area contributed by atoms with E-state index in [9.17, 15) is 19.2 Å². The largest absolute Gasteiger partial charge is 0.385 e. The Hall–Kier alpha value is -3.40. The number of aromatic amines is 1. The fourth-order valence-electron chi connectivity index (χ4n) is 4.44. The molecule has 1 aromatic carbocycles. The van der Waals surface area contributed by atoms with Crippen molar-refractivity contribution in [3.8, 4) is 0 Å². The molecule has 0 bridgehead atoms. The van der Waals surface area contributed by atoms with Crippen LogP contribution in [-0.2, 0) is 20.9 Å². The van der Waals surface area contributed by atoms with Gasteiger partial charge < -0.3 is 20.3 Å². The van der Waals surface area contributed by atoms with Crippen LogP contribution in [-0.4, -0.2) is 48.2 Å². The number of benzene rings is 1. The molecule has 2 heterocycles. The summed E-state index contributed by atoms with van der Waals surface area (Å²) in [6, 6.07) is 5.73. The normalized spacial score (nSPS) is 15.8. The molecule has 3 N–H and O–H groups in total. The summed E-state index contributed by atoms with van der Waals surface area (Å²) in [4.78, 5) is 57.2. The zero-order chi connectivity index (χ0) is 25.9. The summed E-state index contributed by atoms with van der Waals surface area (Å²) >= 11 is 0. The number of nitrogens with two attached hydrogens (primary N) is 1. The summed E-state index contributed by atoms with van der Waals surface area (Å²) in [5.74, 6) is -1.16. The molecule has 2 aromatic rings. The van der Waals surface area contributed by atoms with Gasteiger partial charge in [-0.05, 0) is 43.4 Å². The molecule has 1 aromatic heterocycles. The van der Waals surface area contributed by atoms with Crippen LogP contribution in [0, 0.1) is 25.7 Å². The van der Waals surface area contributed by atoms with Crippen molar-refractivity contribution < 1.29 is 14.3 Å². The Bertz CT molecular complexity index is 1220. The van der Waals surface area contributed by atoms with Crippen molar-refractivity contribution in [3.05, 3.63) is 50.2 Å². The van der Waals surface area contributed by atoms with Gasteiger partial charge in [-0.1, -0.05) is 26.0 Å². The van der Waals surface area contributed by atoms with E-state index in [2.05, 4.69) is 4.98 Å². The van der Waals surface area contributed by atoms with Crippen LogP contribution in [0.5, 0.6) is 0 Å². The second-order valence-corrected chi connectivity index (χ2v) is 9.46. The molecular formula is C25H35N5O5. The quantitative estimate of drug-likeness (QED) is 0.521. The Kier molecular flexibility index (Phi) is 8.16. The number of anilines is 3. The molecule has 190 valence electrons. The van der Waals surface area contributed by atoms with Crippen molar-refractivity contribution in [2.45, 2.75) is 47.1 Å². The smallest absolute Gasteiger partial charge is 0.330 e. The number of carbonyl (C=O) groups is 2. The van der Waals surface area contributed by atoms with Crippen LogP contribution >= 0.6 is 0 Å². The fourth-order valence-corrected chi connectivity index (χ4v) is 4.44. The highest BCUT2D eigenvalue weighted by Crippen LogP contribution is 2.31. The minimum atomic E-state index is -0.728. The summed E-state index contributed by atoms with van der Waals surface area (Å²) in [5.41, 5.74) is 7.69. The van der Waals surface area contributed by atoms with E-state index in [-0.39, 0.29) is 55.3 Å². The number of amides is 2. The maximum Gasteiger partial charge on any atom is 0.330 e. The maximum absolute atomic E-state index is 13.7. The van der Waals surface area contributed by atoms with Gasteiger partial charge in [-0.15, -0.1) is 0 Å². The maximum atomic E-state index is 13.7. The number of H-pyrrole nitrogens is 1. The van der Waals surface area contributed by atoms with Crippen LogP contribution in [0.3, 0.4) is 0 Å². The number of aryl methyl sites for hydroxylation is 1. The van der Waals surface area contributed by atoms with Crippen molar-refractivity contribution in [2.75, 3.05) is 42.3 Å². The number of aromatic nitrogens is 2. The van der Waals surface area contributed by atoms with Crippen LogP contribution < -0.4 is 26.8 Å². The van der Waals surface area contributed by atoms with Gasteiger partial charge in [0.2, 0.25) is 11.8 Å². The van der Waals surface area contributed by atoms with E-state index in [1.165, 1.54) is 9.47 Å². The average Bonchev–Trinajstić information content (AvgIpc) is 3.18. The molecule has 3 rings (SSSR count). The average molecular weight is 486 g/mol. The number of methoxy groups -OCH3 is 1. The van der Waals surface area contributed by atoms with Crippen LogP contribution in [0.15, 0.2) is 27.8 Å². The number of carbonyl (C=O) groups excluding carboxylic acids is 2. The molecule has 1 atom stereocenters. The first-order valence-corrected chi connectivity index (χ1v) is 11.9. The molecule has 10 nitrogen and oxygen atoms in total. The minimum absolute atomic E-state index is 0.0242. The van der Waals surface area contributed by atoms with Crippen LogP contribution in [0.2, 0.25) is 0 Å². The number of rotatable bonds is 9. The molecule has 0 radical (unpaired) electrons. The lowest BCUT2D eigenvalue weighted by atomic mass is 10.1. The van der Waals surface area contributed by atoms with Crippen molar-refractivity contribution in [1.29, 1.82) is 0 Å². The van der Waals surface area contributed by atoms with Crippen LogP contribution in [0.4, 0.5) is 17.2 Å². The Morgan fingerprint density at radius 1 is 1.26 bits per heavy atom. The van der Waals surface area contributed by atoms with Crippen molar-refractivity contribution in [2.24, 2.45) is 11.8 Å². The second-order valence-electron chi connectivity index (χ2n) is 9.46. The third-order valence-corrected chi connectivity index (χ3v) is 6.37. The van der Waals surface area contributed by atoms with Gasteiger partial charge in [0.25, 0.3) is 5.56 Å². The zero-order valence-corrected chi connectivity index (χ0v) is 21.1. The highest BCUT2D eigenvalue weighted by Gasteiger charge is 2.39. The van der Waals surface area contributed by atoms with Gasteiger partial charge >= 0.3 is 5.69 Å². The van der Waals surface area contributed by atoms with Crippen molar-refractivity contribution >= 4 is 29.0 Å². The first-order chi connectivity index (χ1) is 16.6. The summed E-state index contributed by atoms with van der Waals surface area (Å²) in [7, 11) is 1.55. The van der Waals surface area contributed by atoms with E-state index in [0.717, 1.165) is 16.8 Å². The van der Waals surface area contributed by atoms with Crippen LogP contribution in [0.1, 0.15) is 37.8 Å². The molecule has 1 aliphatic rings. The third-order valence-electron chi connectivity index (χ3n) is 6.37. The molecule has 1 fully saturated rings. The van der Waals surface area contributed by atoms with Gasteiger partial charge in [0.1, 0.15) is 5.82 Å². The van der Waals surface area contributed by atoms with Gasteiger partial charge in [-0.2, -0.15) is 0 Å². The van der Waals surface area contributed by atoms with Gasteiger partial charge in [-0.25, -0.2) is 4.79 Å². The van der Waals surface area contributed by atoms with E-state index in [0.29, 0.717) is 13.0 Å². The van der Waals surface area contributed by atoms with Crippen LogP contribution in [0.25, 0.3) is 0 Å². The lowest BCUT2D eigenvalue weighted by molar-refractivity contribution is -0.124. The Labute approximate surface area is 204 Å². The topological polar surface area (TPSA) is 131 Å². The summed E-state index contributed by atoms with van der Waals surface area (Å²) in [6.45, 7) is 8.78. The Morgan fingerprint density at radius 3 is 2.63 bits per heavy atom. The monoisotopic (exact) mass is 485 g/mol. The number of hydrogen-bond acceptors (Lipinski definition) is 6. The number of hydrogen-bond donors (Lipinski definition) is 2. The van der Waals surface area contributed by atoms with E-state index in [4.69, 9.17) is 10.5 Å². The van der Waals surface area contributed by atoms with Gasteiger partial charge in [0, 0.05) is 45.5 Å². The fraction of sp³-hybridized carbons (Fsp3) is 0.520. The molecule has 1 saturated heterocycles. The number of nitrogens with zero attached hydrogens (tertiary/aromatic N) is 3. The highest BCUT2D eigenvalue weighted by atomic mass is 16.5. The van der Waals surface area contributed by atoms with E-state index in [1.807, 2.05) is 45.9 Å². The zero-order valence-electron chi connectivity index (χ0n) is 21.1. The first-order valence-electron chi connectivity index (χ1n) is 11.9. The predicted octanol–water partition coefficient (Wildman–Crippen LogP) is 1.81. The highest BCUT2D eigenvalue weighted by molar-refractivity contribution is 6.05. The molecule has 0 spiro atoms. The van der Waals surface area contributed by atoms with E-state index in [1.54, 1.807) is 12.0 Å². The first kappa shape index (κ1) is 26.2. The lowest BCUT2D eigenvalue weighted by Gasteiger charge is -2.27. The van der Waals surface area contributed by atoms with Crippen molar-refractivity contribution in [1.82, 2.24) is 9.55 Å². The number of nitrogen functional groups attached to an aromatic ring is 1.